The lowest BCUT2D eigenvalue weighted by atomic mass is 10.1. The van der Waals surface area contributed by atoms with E-state index in [1.807, 2.05) is 12.1 Å². The van der Waals surface area contributed by atoms with E-state index in [4.69, 9.17) is 21.1 Å². The Hall–Kier alpha value is -6.05. The number of hydrogen-bond donors (Lipinski definition) is 5. The molecule has 1 atom stereocenters. The minimum atomic E-state index is -4.64. The lowest BCUT2D eigenvalue weighted by Gasteiger charge is -2.19. The molecule has 1 fully saturated rings. The Kier molecular flexibility index (Phi) is 11.7. The van der Waals surface area contributed by atoms with Crippen molar-refractivity contribution in [2.24, 2.45) is 0 Å². The Balaban J connectivity index is 1.21. The molecule has 274 valence electrons. The number of ether oxygens (including phenoxy) is 2. The summed E-state index contributed by atoms with van der Waals surface area (Å²) in [6, 6.07) is 10.8. The van der Waals surface area contributed by atoms with Crippen LogP contribution in [0.15, 0.2) is 61.2 Å². The summed E-state index contributed by atoms with van der Waals surface area (Å²) in [4.78, 5) is 65.8. The average molecular weight is 746 g/mol. The van der Waals surface area contributed by atoms with E-state index in [2.05, 4.69) is 51.6 Å². The maximum absolute atomic E-state index is 13.0. The van der Waals surface area contributed by atoms with Gasteiger partial charge in [-0.2, -0.15) is 33.2 Å². The Bertz CT molecular complexity index is 1880. The second-order valence-corrected chi connectivity index (χ2v) is 11.7. The van der Waals surface area contributed by atoms with Crippen molar-refractivity contribution < 1.29 is 41.8 Å². The zero-order valence-corrected chi connectivity index (χ0v) is 28.0. The fraction of sp³-hybridized carbons (Fsp3) is 0.323. The van der Waals surface area contributed by atoms with Gasteiger partial charge in [0.05, 0.1) is 19.2 Å². The molecule has 1 aliphatic rings. The molecule has 5 N–H and O–H groups in total. The number of esters is 1. The molecule has 0 spiro atoms. The van der Waals surface area contributed by atoms with Gasteiger partial charge >= 0.3 is 30.0 Å². The topological polar surface area (TPSA) is 216 Å². The number of carbonyl (C=O) groups is 4. The van der Waals surface area contributed by atoms with Gasteiger partial charge in [0, 0.05) is 29.4 Å². The van der Waals surface area contributed by atoms with Gasteiger partial charge in [-0.05, 0) is 54.8 Å². The van der Waals surface area contributed by atoms with Crippen molar-refractivity contribution in [2.45, 2.75) is 37.1 Å². The highest BCUT2D eigenvalue weighted by Crippen LogP contribution is 2.48. The lowest BCUT2D eigenvalue weighted by Crippen LogP contribution is -2.51. The first-order chi connectivity index (χ1) is 24.8. The first-order valence-corrected chi connectivity index (χ1v) is 15.8. The van der Waals surface area contributed by atoms with Crippen LogP contribution in [0.2, 0.25) is 5.02 Å². The van der Waals surface area contributed by atoms with Crippen LogP contribution in [0.1, 0.15) is 28.8 Å². The number of carbonyl (C=O) groups excluding carboxylic acids is 4. The van der Waals surface area contributed by atoms with Crippen molar-refractivity contribution >= 4 is 52.9 Å². The molecule has 0 saturated heterocycles. The predicted octanol–water partition coefficient (Wildman–Crippen LogP) is 2.11. The molecule has 1 saturated carbocycles. The molecule has 5 rings (SSSR count). The number of rotatable bonds is 15. The van der Waals surface area contributed by atoms with Gasteiger partial charge in [0.15, 0.2) is 6.61 Å². The molecule has 0 aliphatic heterocycles. The molecule has 17 nitrogen and oxygen atoms in total. The van der Waals surface area contributed by atoms with Gasteiger partial charge in [0.2, 0.25) is 11.9 Å². The fourth-order valence-electron chi connectivity index (χ4n) is 4.67. The number of nitrogens with one attached hydrogen (secondary N) is 5. The predicted molar refractivity (Wildman–Crippen MR) is 176 cm³/mol. The molecular formula is C31H31ClF3N11O6. The summed E-state index contributed by atoms with van der Waals surface area (Å²) in [5.41, 5.74) is 0.746. The van der Waals surface area contributed by atoms with Crippen molar-refractivity contribution in [1.82, 2.24) is 45.7 Å². The highest BCUT2D eigenvalue weighted by molar-refractivity contribution is 6.35. The van der Waals surface area contributed by atoms with Crippen LogP contribution in [0.4, 0.5) is 30.8 Å². The number of halogens is 4. The fourth-order valence-corrected chi connectivity index (χ4v) is 4.80. The minimum absolute atomic E-state index is 0.0386. The van der Waals surface area contributed by atoms with Gasteiger partial charge in [0.1, 0.15) is 18.7 Å². The summed E-state index contributed by atoms with van der Waals surface area (Å²) >= 11 is 6.02. The number of hydrogen-bond acceptors (Lipinski definition) is 13. The molecule has 0 radical (unpaired) electrons. The van der Waals surface area contributed by atoms with E-state index in [-0.39, 0.29) is 30.5 Å². The van der Waals surface area contributed by atoms with Crippen LogP contribution in [-0.2, 0) is 31.2 Å². The van der Waals surface area contributed by atoms with Gasteiger partial charge in [-0.3, -0.25) is 19.1 Å². The van der Waals surface area contributed by atoms with Crippen LogP contribution in [0.3, 0.4) is 0 Å². The lowest BCUT2D eigenvalue weighted by molar-refractivity contribution is -0.154. The number of nitrogens with zero attached hydrogens (tertiary/aromatic N) is 6. The van der Waals surface area contributed by atoms with Crippen LogP contribution in [0, 0.1) is 0 Å². The summed E-state index contributed by atoms with van der Waals surface area (Å²) in [6.07, 6.45) is -0.477. The molecule has 3 amide bonds. The molecule has 2 aromatic heterocycles. The Morgan fingerprint density at radius 1 is 0.962 bits per heavy atom. The van der Waals surface area contributed by atoms with E-state index in [0.717, 1.165) is 12.7 Å². The second-order valence-electron chi connectivity index (χ2n) is 11.3. The quantitative estimate of drug-likeness (QED) is 0.0872. The van der Waals surface area contributed by atoms with Crippen LogP contribution in [0.25, 0.3) is 0 Å². The molecule has 0 unspecified atom stereocenters. The van der Waals surface area contributed by atoms with Crippen LogP contribution < -0.4 is 31.3 Å². The molecule has 4 aromatic rings. The Morgan fingerprint density at radius 2 is 1.65 bits per heavy atom. The third-order valence-electron chi connectivity index (χ3n) is 7.44. The highest BCUT2D eigenvalue weighted by Gasteiger charge is 2.45. The first-order valence-electron chi connectivity index (χ1n) is 15.5. The minimum Gasteiger partial charge on any atom is -0.467 e. The number of alkyl halides is 3. The van der Waals surface area contributed by atoms with Crippen molar-refractivity contribution in [2.75, 3.05) is 37.4 Å². The molecule has 1 aliphatic carbocycles. The summed E-state index contributed by atoms with van der Waals surface area (Å²) < 4.78 is 49.8. The van der Waals surface area contributed by atoms with E-state index in [0.29, 0.717) is 23.6 Å². The van der Waals surface area contributed by atoms with Crippen LogP contribution in [0.5, 0.6) is 6.01 Å². The third-order valence-corrected chi connectivity index (χ3v) is 7.69. The number of aromatic nitrogens is 6. The SMILES string of the molecule is COC(=O)[C@H](CNC(=O)C(=O)NCCn1cncn1)NC(=O)c1ccc(Nc2nc(NC3(c4ccc(Cl)cc4)CC3)nc(OCC(F)(F)F)n2)cc1. The van der Waals surface area contributed by atoms with Gasteiger partial charge < -0.3 is 36.1 Å². The van der Waals surface area contributed by atoms with E-state index in [9.17, 15) is 32.3 Å². The van der Waals surface area contributed by atoms with E-state index < -0.39 is 60.6 Å². The number of benzene rings is 2. The monoisotopic (exact) mass is 745 g/mol. The molecule has 2 heterocycles. The van der Waals surface area contributed by atoms with Gasteiger partial charge in [-0.1, -0.05) is 23.7 Å². The zero-order valence-electron chi connectivity index (χ0n) is 27.2. The summed E-state index contributed by atoms with van der Waals surface area (Å²) in [7, 11) is 1.09. The maximum atomic E-state index is 13.0. The van der Waals surface area contributed by atoms with Gasteiger partial charge in [-0.15, -0.1) is 0 Å². The highest BCUT2D eigenvalue weighted by atomic mass is 35.5. The zero-order chi connectivity index (χ0) is 37.3. The normalized spacial score (nSPS) is 13.6. The smallest absolute Gasteiger partial charge is 0.422 e. The van der Waals surface area contributed by atoms with E-state index in [1.165, 1.54) is 41.6 Å². The standard InChI is InChI=1S/C31H31ClF3N11O6/c1-51-26(50)22(14-38-25(49)24(48)37-12-13-46-17-36-16-39-46)41-23(47)18-2-8-21(9-3-18)40-27-42-28(44-29(43-27)52-15-31(33,34)35)45-30(10-11-30)19-4-6-20(32)7-5-19/h2-9,16-17,22H,10-15H2,1H3,(H,37,48)(H,38,49)(H,41,47)(H2,40,42,43,44,45)/t22-/m0/s1. The largest absolute Gasteiger partial charge is 0.467 e. The average Bonchev–Trinajstić information content (AvgIpc) is 3.70. The molecule has 21 heteroatoms. The van der Waals surface area contributed by atoms with E-state index in [1.54, 1.807) is 12.1 Å². The third kappa shape index (κ3) is 10.5. The van der Waals surface area contributed by atoms with Gasteiger partial charge in [-0.25, -0.2) is 9.78 Å². The Labute approximate surface area is 298 Å². The first kappa shape index (κ1) is 37.2. The summed E-state index contributed by atoms with van der Waals surface area (Å²) in [5, 5.41) is 17.6. The van der Waals surface area contributed by atoms with Crippen LogP contribution >= 0.6 is 11.6 Å². The van der Waals surface area contributed by atoms with E-state index >= 15 is 0 Å². The van der Waals surface area contributed by atoms with Crippen molar-refractivity contribution in [3.05, 3.63) is 77.3 Å². The van der Waals surface area contributed by atoms with Gasteiger partial charge in [0.25, 0.3) is 5.91 Å². The second kappa shape index (κ2) is 16.3. The number of methoxy groups -OCH3 is 1. The summed E-state index contributed by atoms with van der Waals surface area (Å²) in [5.74, 6) is -3.80. The number of amides is 3. The van der Waals surface area contributed by atoms with Crippen molar-refractivity contribution in [3.8, 4) is 6.01 Å². The molecule has 52 heavy (non-hydrogen) atoms. The maximum Gasteiger partial charge on any atom is 0.422 e. The summed E-state index contributed by atoms with van der Waals surface area (Å²) in [6.45, 7) is -1.73. The van der Waals surface area contributed by atoms with Crippen LogP contribution in [-0.4, -0.2) is 92.4 Å². The Morgan fingerprint density at radius 3 is 2.29 bits per heavy atom. The number of anilines is 3. The molecule has 2 aromatic carbocycles. The molecular weight excluding hydrogens is 715 g/mol. The van der Waals surface area contributed by atoms with Crippen molar-refractivity contribution in [3.63, 3.8) is 0 Å². The van der Waals surface area contributed by atoms with Crippen molar-refractivity contribution in [1.29, 1.82) is 0 Å². The molecule has 0 bridgehead atoms.